The molecule has 1 aliphatic rings. The number of hydrogen-bond donors (Lipinski definition) is 1. The van der Waals surface area contributed by atoms with Gasteiger partial charge in [0.2, 0.25) is 0 Å². The Balaban J connectivity index is 2.18. The van der Waals surface area contributed by atoms with Crippen molar-refractivity contribution in [3.63, 3.8) is 0 Å². The lowest BCUT2D eigenvalue weighted by Crippen LogP contribution is -2.34. The Morgan fingerprint density at radius 1 is 1.20 bits per heavy atom. The van der Waals surface area contributed by atoms with Crippen molar-refractivity contribution in [1.29, 1.82) is 0 Å². The summed E-state index contributed by atoms with van der Waals surface area (Å²) in [5.41, 5.74) is 2.37. The van der Waals surface area contributed by atoms with Gasteiger partial charge in [-0.05, 0) is 69.0 Å². The average molecular weight is 274 g/mol. The van der Waals surface area contributed by atoms with E-state index in [0.717, 1.165) is 30.0 Å². The third kappa shape index (κ3) is 4.05. The summed E-state index contributed by atoms with van der Waals surface area (Å²) in [5.74, 6) is 2.42. The number of aromatic nitrogens is 1. The molecule has 20 heavy (non-hydrogen) atoms. The summed E-state index contributed by atoms with van der Waals surface area (Å²) >= 11 is 0. The van der Waals surface area contributed by atoms with Gasteiger partial charge in [-0.3, -0.25) is 4.98 Å². The predicted molar refractivity (Wildman–Crippen MR) is 85.7 cm³/mol. The van der Waals surface area contributed by atoms with Gasteiger partial charge in [-0.15, -0.1) is 0 Å². The minimum Gasteiger partial charge on any atom is -0.308 e. The minimum atomic E-state index is 0.431. The van der Waals surface area contributed by atoms with Crippen molar-refractivity contribution in [2.24, 2.45) is 17.8 Å². The summed E-state index contributed by atoms with van der Waals surface area (Å²) in [5, 5.41) is 3.76. The number of nitrogens with zero attached hydrogens (tertiary/aromatic N) is 1. The molecule has 1 aliphatic carbocycles. The standard InChI is InChI=1S/C18H30N2/c1-5-9-19-18(17-8-6-7-15(4)20-17)16-11-13(2)10-14(3)12-16/h6-8,13-14,16,18-19H,5,9-12H2,1-4H3. The van der Waals surface area contributed by atoms with Crippen LogP contribution in [-0.4, -0.2) is 11.5 Å². The van der Waals surface area contributed by atoms with Gasteiger partial charge in [0.25, 0.3) is 0 Å². The normalized spacial score (nSPS) is 28.3. The van der Waals surface area contributed by atoms with E-state index in [4.69, 9.17) is 4.98 Å². The summed E-state index contributed by atoms with van der Waals surface area (Å²) < 4.78 is 0. The molecule has 2 heteroatoms. The molecule has 2 nitrogen and oxygen atoms in total. The maximum Gasteiger partial charge on any atom is 0.0579 e. The van der Waals surface area contributed by atoms with Gasteiger partial charge < -0.3 is 5.32 Å². The largest absolute Gasteiger partial charge is 0.308 e. The van der Waals surface area contributed by atoms with Crippen LogP contribution >= 0.6 is 0 Å². The summed E-state index contributed by atoms with van der Waals surface area (Å²) in [7, 11) is 0. The van der Waals surface area contributed by atoms with Crippen LogP contribution in [0.3, 0.4) is 0 Å². The third-order valence-electron chi connectivity index (χ3n) is 4.53. The average Bonchev–Trinajstić information content (AvgIpc) is 2.38. The lowest BCUT2D eigenvalue weighted by molar-refractivity contribution is 0.174. The molecule has 1 N–H and O–H groups in total. The van der Waals surface area contributed by atoms with E-state index < -0.39 is 0 Å². The second-order valence-electron chi connectivity index (χ2n) is 6.81. The zero-order valence-electron chi connectivity index (χ0n) is 13.5. The molecule has 0 saturated heterocycles. The first-order chi connectivity index (χ1) is 9.60. The summed E-state index contributed by atoms with van der Waals surface area (Å²) in [4.78, 5) is 4.79. The maximum atomic E-state index is 4.79. The van der Waals surface area contributed by atoms with Crippen LogP contribution in [0, 0.1) is 24.7 Å². The van der Waals surface area contributed by atoms with Crippen molar-refractivity contribution in [3.8, 4) is 0 Å². The predicted octanol–water partition coefficient (Wildman–Crippen LogP) is 4.50. The summed E-state index contributed by atoms with van der Waals surface area (Å²) in [6.07, 6.45) is 5.24. The molecule has 1 heterocycles. The number of hydrogen-bond acceptors (Lipinski definition) is 2. The first-order valence-corrected chi connectivity index (χ1v) is 8.27. The van der Waals surface area contributed by atoms with E-state index in [1.807, 2.05) is 0 Å². The fourth-order valence-corrected chi connectivity index (χ4v) is 3.83. The quantitative estimate of drug-likeness (QED) is 0.855. The van der Waals surface area contributed by atoms with Crippen LogP contribution < -0.4 is 5.32 Å². The van der Waals surface area contributed by atoms with Crippen molar-refractivity contribution >= 4 is 0 Å². The zero-order chi connectivity index (χ0) is 14.5. The Hall–Kier alpha value is -0.890. The van der Waals surface area contributed by atoms with Crippen LogP contribution in [0.2, 0.25) is 0 Å². The monoisotopic (exact) mass is 274 g/mol. The van der Waals surface area contributed by atoms with Gasteiger partial charge >= 0.3 is 0 Å². The van der Waals surface area contributed by atoms with E-state index in [2.05, 4.69) is 51.2 Å². The van der Waals surface area contributed by atoms with Crippen LogP contribution in [0.15, 0.2) is 18.2 Å². The Kier molecular flexibility index (Phi) is 5.59. The highest BCUT2D eigenvalue weighted by Gasteiger charge is 2.31. The second-order valence-corrected chi connectivity index (χ2v) is 6.81. The molecule has 112 valence electrons. The molecule has 1 saturated carbocycles. The molecule has 0 spiro atoms. The molecule has 0 bridgehead atoms. The Morgan fingerprint density at radius 2 is 1.90 bits per heavy atom. The van der Waals surface area contributed by atoms with Crippen molar-refractivity contribution < 1.29 is 0 Å². The van der Waals surface area contributed by atoms with Gasteiger partial charge in [0.15, 0.2) is 0 Å². The van der Waals surface area contributed by atoms with E-state index in [9.17, 15) is 0 Å². The molecule has 0 amide bonds. The molecular formula is C18H30N2. The molecule has 3 atom stereocenters. The van der Waals surface area contributed by atoms with Crippen LogP contribution in [-0.2, 0) is 0 Å². The Bertz CT molecular complexity index is 406. The third-order valence-corrected chi connectivity index (χ3v) is 4.53. The van der Waals surface area contributed by atoms with Crippen molar-refractivity contribution in [2.45, 2.75) is 59.4 Å². The van der Waals surface area contributed by atoms with Gasteiger partial charge in [0, 0.05) is 5.69 Å². The van der Waals surface area contributed by atoms with Crippen LogP contribution in [0.25, 0.3) is 0 Å². The fraction of sp³-hybridized carbons (Fsp3) is 0.722. The Labute approximate surface area is 124 Å². The van der Waals surface area contributed by atoms with Gasteiger partial charge in [-0.25, -0.2) is 0 Å². The smallest absolute Gasteiger partial charge is 0.0579 e. The SMILES string of the molecule is CCCNC(c1cccc(C)n1)C1CC(C)CC(C)C1. The highest BCUT2D eigenvalue weighted by Crippen LogP contribution is 2.39. The fourth-order valence-electron chi connectivity index (χ4n) is 3.83. The molecule has 0 aliphatic heterocycles. The van der Waals surface area contributed by atoms with Crippen molar-refractivity contribution in [2.75, 3.05) is 6.54 Å². The molecule has 1 fully saturated rings. The lowest BCUT2D eigenvalue weighted by atomic mass is 9.73. The molecule has 1 aromatic rings. The van der Waals surface area contributed by atoms with E-state index in [0.29, 0.717) is 6.04 Å². The second kappa shape index (κ2) is 7.21. The number of rotatable bonds is 5. The van der Waals surface area contributed by atoms with E-state index in [-0.39, 0.29) is 0 Å². The highest BCUT2D eigenvalue weighted by atomic mass is 14.9. The summed E-state index contributed by atoms with van der Waals surface area (Å²) in [6, 6.07) is 6.87. The van der Waals surface area contributed by atoms with Gasteiger partial charge in [0.05, 0.1) is 11.7 Å². The first kappa shape index (κ1) is 15.5. The van der Waals surface area contributed by atoms with Crippen LogP contribution in [0.4, 0.5) is 0 Å². The van der Waals surface area contributed by atoms with Gasteiger partial charge in [-0.2, -0.15) is 0 Å². The van der Waals surface area contributed by atoms with Crippen LogP contribution in [0.1, 0.15) is 63.9 Å². The number of nitrogens with one attached hydrogen (secondary N) is 1. The maximum absolute atomic E-state index is 4.79. The molecule has 0 aromatic carbocycles. The van der Waals surface area contributed by atoms with Crippen molar-refractivity contribution in [1.82, 2.24) is 10.3 Å². The van der Waals surface area contributed by atoms with Crippen LogP contribution in [0.5, 0.6) is 0 Å². The van der Waals surface area contributed by atoms with E-state index in [1.165, 1.54) is 31.4 Å². The minimum absolute atomic E-state index is 0.431. The molecule has 3 unspecified atom stereocenters. The van der Waals surface area contributed by atoms with Crippen molar-refractivity contribution in [3.05, 3.63) is 29.6 Å². The topological polar surface area (TPSA) is 24.9 Å². The van der Waals surface area contributed by atoms with Gasteiger partial charge in [-0.1, -0.05) is 26.8 Å². The number of pyridine rings is 1. The summed E-state index contributed by atoms with van der Waals surface area (Å²) in [6.45, 7) is 10.2. The molecule has 0 radical (unpaired) electrons. The highest BCUT2D eigenvalue weighted by molar-refractivity contribution is 5.15. The number of aryl methyl sites for hydroxylation is 1. The van der Waals surface area contributed by atoms with E-state index in [1.54, 1.807) is 0 Å². The Morgan fingerprint density at radius 3 is 2.50 bits per heavy atom. The molecule has 1 aromatic heterocycles. The van der Waals surface area contributed by atoms with E-state index >= 15 is 0 Å². The molecule has 2 rings (SSSR count). The first-order valence-electron chi connectivity index (χ1n) is 8.27. The van der Waals surface area contributed by atoms with Gasteiger partial charge in [0.1, 0.15) is 0 Å². The lowest BCUT2D eigenvalue weighted by Gasteiger charge is -2.37. The zero-order valence-corrected chi connectivity index (χ0v) is 13.5. The molecular weight excluding hydrogens is 244 g/mol.